The van der Waals surface area contributed by atoms with Gasteiger partial charge in [-0.1, -0.05) is 17.7 Å². The van der Waals surface area contributed by atoms with Crippen LogP contribution in [0.25, 0.3) is 11.0 Å². The number of nitrogens with one attached hydrogen (secondary N) is 1. The predicted octanol–water partition coefficient (Wildman–Crippen LogP) is 0.771. The standard InChI is InChI=1S/C7H6N4O2/c12-11(13)9-10-5-8-6-3-1-2-4-7(6)10/h1-5,9H. The molecule has 2 aromatic rings. The molecule has 0 aliphatic heterocycles. The van der Waals surface area contributed by atoms with Gasteiger partial charge >= 0.3 is 0 Å². The van der Waals surface area contributed by atoms with Crippen LogP contribution in [-0.2, 0) is 0 Å². The van der Waals surface area contributed by atoms with Crippen molar-refractivity contribution < 1.29 is 5.03 Å². The minimum atomic E-state index is -0.631. The molecule has 6 nitrogen and oxygen atoms in total. The number of nitro groups is 1. The number of imidazole rings is 1. The summed E-state index contributed by atoms with van der Waals surface area (Å²) in [7, 11) is 0. The summed E-state index contributed by atoms with van der Waals surface area (Å²) in [5.74, 6) is 0. The zero-order chi connectivity index (χ0) is 9.26. The number of hydrazine groups is 1. The van der Waals surface area contributed by atoms with Gasteiger partial charge in [-0.05, 0) is 12.1 Å². The number of para-hydroxylation sites is 2. The van der Waals surface area contributed by atoms with Gasteiger partial charge in [-0.3, -0.25) is 0 Å². The van der Waals surface area contributed by atoms with Crippen LogP contribution in [0, 0.1) is 10.1 Å². The molecule has 0 atom stereocenters. The van der Waals surface area contributed by atoms with Gasteiger partial charge in [0.25, 0.3) is 0 Å². The number of rotatable bonds is 2. The van der Waals surface area contributed by atoms with Crippen molar-refractivity contribution in [2.24, 2.45) is 0 Å². The second-order valence-corrected chi connectivity index (χ2v) is 2.46. The van der Waals surface area contributed by atoms with Crippen molar-refractivity contribution in [3.63, 3.8) is 0 Å². The maximum atomic E-state index is 10.2. The highest BCUT2D eigenvalue weighted by molar-refractivity contribution is 5.75. The summed E-state index contributed by atoms with van der Waals surface area (Å²) in [5, 5.41) is 9.53. The first-order valence-corrected chi connectivity index (χ1v) is 3.60. The molecule has 1 aromatic heterocycles. The van der Waals surface area contributed by atoms with E-state index in [2.05, 4.69) is 4.98 Å². The number of nitrogens with zero attached hydrogens (tertiary/aromatic N) is 3. The molecule has 0 fully saturated rings. The van der Waals surface area contributed by atoms with Gasteiger partial charge in [0, 0.05) is 5.03 Å². The summed E-state index contributed by atoms with van der Waals surface area (Å²) in [6.45, 7) is 0. The molecule has 0 spiro atoms. The molecule has 1 N–H and O–H groups in total. The number of hydrogen-bond donors (Lipinski definition) is 1. The van der Waals surface area contributed by atoms with Crippen LogP contribution in [0.5, 0.6) is 0 Å². The van der Waals surface area contributed by atoms with Crippen molar-refractivity contribution >= 4 is 11.0 Å². The maximum absolute atomic E-state index is 10.2. The van der Waals surface area contributed by atoms with Crippen LogP contribution in [0.15, 0.2) is 30.6 Å². The zero-order valence-electron chi connectivity index (χ0n) is 6.54. The fourth-order valence-corrected chi connectivity index (χ4v) is 1.13. The minimum absolute atomic E-state index is 0.631. The van der Waals surface area contributed by atoms with E-state index in [4.69, 9.17) is 0 Å². The van der Waals surface area contributed by atoms with Crippen LogP contribution in [0.1, 0.15) is 0 Å². The summed E-state index contributed by atoms with van der Waals surface area (Å²) in [6, 6.07) is 7.15. The minimum Gasteiger partial charge on any atom is -0.339 e. The Labute approximate surface area is 72.9 Å². The molecule has 6 heteroatoms. The summed E-state index contributed by atoms with van der Waals surface area (Å²) >= 11 is 0. The predicted molar refractivity (Wildman–Crippen MR) is 46.1 cm³/mol. The third-order valence-electron chi connectivity index (χ3n) is 1.64. The second kappa shape index (κ2) is 2.74. The number of aromatic nitrogens is 2. The van der Waals surface area contributed by atoms with Gasteiger partial charge in [-0.2, -0.15) is 0 Å². The van der Waals surface area contributed by atoms with Crippen LogP contribution in [0.2, 0.25) is 0 Å². The average Bonchev–Trinajstić information content (AvgIpc) is 2.48. The lowest BCUT2D eigenvalue weighted by molar-refractivity contribution is -0.461. The van der Waals surface area contributed by atoms with Crippen LogP contribution < -0.4 is 5.53 Å². The normalized spacial score (nSPS) is 10.2. The second-order valence-electron chi connectivity index (χ2n) is 2.46. The topological polar surface area (TPSA) is 73.0 Å². The Hall–Kier alpha value is -2.11. The van der Waals surface area contributed by atoms with Crippen molar-refractivity contribution in [1.29, 1.82) is 0 Å². The first-order chi connectivity index (χ1) is 6.27. The van der Waals surface area contributed by atoms with Crippen molar-refractivity contribution in [3.05, 3.63) is 40.7 Å². The Morgan fingerprint density at radius 3 is 3.00 bits per heavy atom. The van der Waals surface area contributed by atoms with Gasteiger partial charge < -0.3 is 10.1 Å². The molecule has 66 valence electrons. The lowest BCUT2D eigenvalue weighted by atomic mass is 10.3. The van der Waals surface area contributed by atoms with Crippen molar-refractivity contribution in [3.8, 4) is 0 Å². The molecule has 1 heterocycles. The van der Waals surface area contributed by atoms with E-state index in [1.165, 1.54) is 11.0 Å². The maximum Gasteiger partial charge on any atom is 0.209 e. The van der Waals surface area contributed by atoms with E-state index < -0.39 is 5.03 Å². The van der Waals surface area contributed by atoms with Crippen LogP contribution in [0.3, 0.4) is 0 Å². The van der Waals surface area contributed by atoms with Gasteiger partial charge in [0.1, 0.15) is 5.52 Å². The average molecular weight is 178 g/mol. The van der Waals surface area contributed by atoms with E-state index >= 15 is 0 Å². The van der Waals surface area contributed by atoms with E-state index in [0.717, 1.165) is 5.52 Å². The summed E-state index contributed by atoms with van der Waals surface area (Å²) in [5.41, 5.74) is 3.40. The third kappa shape index (κ3) is 1.28. The molecule has 0 unspecified atom stereocenters. The molecular weight excluding hydrogens is 172 g/mol. The molecule has 0 amide bonds. The molecule has 0 saturated carbocycles. The fourth-order valence-electron chi connectivity index (χ4n) is 1.13. The van der Waals surface area contributed by atoms with Crippen LogP contribution in [-0.4, -0.2) is 14.7 Å². The van der Waals surface area contributed by atoms with Gasteiger partial charge in [0.2, 0.25) is 6.33 Å². The molecule has 0 radical (unpaired) electrons. The molecule has 1 aromatic carbocycles. The van der Waals surface area contributed by atoms with Gasteiger partial charge in [-0.15, -0.1) is 4.68 Å². The van der Waals surface area contributed by atoms with E-state index in [1.54, 1.807) is 18.2 Å². The largest absolute Gasteiger partial charge is 0.339 e. The Morgan fingerprint density at radius 1 is 1.46 bits per heavy atom. The number of hydrogen-bond acceptors (Lipinski definition) is 3. The van der Waals surface area contributed by atoms with Crippen molar-refractivity contribution in [1.82, 2.24) is 9.66 Å². The van der Waals surface area contributed by atoms with E-state index in [-0.39, 0.29) is 0 Å². The van der Waals surface area contributed by atoms with E-state index in [0.29, 0.717) is 5.52 Å². The summed E-state index contributed by atoms with van der Waals surface area (Å²) in [4.78, 5) is 14.1. The smallest absolute Gasteiger partial charge is 0.209 e. The van der Waals surface area contributed by atoms with Gasteiger partial charge in [0.15, 0.2) is 5.52 Å². The Morgan fingerprint density at radius 2 is 2.23 bits per heavy atom. The molecule has 0 saturated heterocycles. The first-order valence-electron chi connectivity index (χ1n) is 3.60. The van der Waals surface area contributed by atoms with E-state index in [9.17, 15) is 10.1 Å². The molecule has 13 heavy (non-hydrogen) atoms. The van der Waals surface area contributed by atoms with Crippen LogP contribution in [0.4, 0.5) is 0 Å². The molecule has 0 aliphatic carbocycles. The number of fused-ring (bicyclic) bond motifs is 1. The SMILES string of the molecule is O=[N+]([O-])Nn1cnc2ccccc21. The van der Waals surface area contributed by atoms with Gasteiger partial charge in [0.05, 0.1) is 0 Å². The first kappa shape index (κ1) is 7.53. The van der Waals surface area contributed by atoms with Gasteiger partial charge in [-0.25, -0.2) is 4.98 Å². The third-order valence-corrected chi connectivity index (χ3v) is 1.64. The zero-order valence-corrected chi connectivity index (χ0v) is 6.54. The molecule has 0 bridgehead atoms. The van der Waals surface area contributed by atoms with Crippen LogP contribution >= 0.6 is 0 Å². The Bertz CT molecular complexity index is 450. The summed E-state index contributed by atoms with van der Waals surface area (Å²) in [6.07, 6.45) is 1.37. The lowest BCUT2D eigenvalue weighted by Crippen LogP contribution is -2.19. The molecule has 0 aliphatic rings. The Kier molecular flexibility index (Phi) is 1.59. The monoisotopic (exact) mass is 178 g/mol. The Balaban J connectivity index is 2.51. The number of benzene rings is 1. The lowest BCUT2D eigenvalue weighted by Gasteiger charge is -1.96. The van der Waals surface area contributed by atoms with E-state index in [1.807, 2.05) is 11.6 Å². The molecule has 2 rings (SSSR count). The van der Waals surface area contributed by atoms with Crippen molar-refractivity contribution in [2.45, 2.75) is 0 Å². The highest BCUT2D eigenvalue weighted by Crippen LogP contribution is 2.09. The molecular formula is C7H6N4O2. The quantitative estimate of drug-likeness (QED) is 0.544. The fraction of sp³-hybridized carbons (Fsp3) is 0. The summed E-state index contributed by atoms with van der Waals surface area (Å²) < 4.78 is 1.26. The highest BCUT2D eigenvalue weighted by atomic mass is 16.7. The van der Waals surface area contributed by atoms with Crippen molar-refractivity contribution in [2.75, 3.05) is 5.53 Å². The highest BCUT2D eigenvalue weighted by Gasteiger charge is 2.06.